The van der Waals surface area contributed by atoms with Crippen LogP contribution in [0, 0.1) is 0 Å². The summed E-state index contributed by atoms with van der Waals surface area (Å²) in [5, 5.41) is 4.36. The molecule has 33 heavy (non-hydrogen) atoms. The molecule has 7 aromatic rings. The van der Waals surface area contributed by atoms with E-state index in [-0.39, 0.29) is 0 Å². The largest absolute Gasteiger partial charge is 0.436 e. The van der Waals surface area contributed by atoms with Crippen LogP contribution in [-0.4, -0.2) is 15.0 Å². The predicted octanol–water partition coefficient (Wildman–Crippen LogP) is 7.41. The Balaban J connectivity index is 1.47. The fraction of sp³-hybridized carbons (Fsp3) is 0. The van der Waals surface area contributed by atoms with Crippen molar-refractivity contribution >= 4 is 43.7 Å². The number of nitrogens with zero attached hydrogens (tertiary/aromatic N) is 3. The molecular formula is C29H17N3O. The molecule has 0 saturated heterocycles. The van der Waals surface area contributed by atoms with E-state index < -0.39 is 0 Å². The summed E-state index contributed by atoms with van der Waals surface area (Å²) in [6, 6.07) is 32.8. The van der Waals surface area contributed by atoms with Crippen LogP contribution in [0.25, 0.3) is 66.4 Å². The van der Waals surface area contributed by atoms with Gasteiger partial charge in [-0.3, -0.25) is 4.98 Å². The molecule has 0 spiro atoms. The zero-order valence-corrected chi connectivity index (χ0v) is 17.6. The van der Waals surface area contributed by atoms with E-state index in [1.165, 1.54) is 0 Å². The molecule has 0 amide bonds. The Morgan fingerprint density at radius 1 is 0.545 bits per heavy atom. The van der Waals surface area contributed by atoms with Crippen LogP contribution in [0.1, 0.15) is 0 Å². The lowest BCUT2D eigenvalue weighted by atomic mass is 9.97. The molecule has 0 saturated carbocycles. The second-order valence-electron chi connectivity index (χ2n) is 8.10. The number of oxazole rings is 1. The fourth-order valence-electron chi connectivity index (χ4n) is 4.57. The lowest BCUT2D eigenvalue weighted by Gasteiger charge is -2.11. The van der Waals surface area contributed by atoms with Crippen LogP contribution in [0.4, 0.5) is 0 Å². The molecule has 0 fully saturated rings. The van der Waals surface area contributed by atoms with Crippen molar-refractivity contribution in [3.05, 3.63) is 103 Å². The van der Waals surface area contributed by atoms with Crippen molar-refractivity contribution in [1.29, 1.82) is 0 Å². The Hall–Kier alpha value is -4.57. The third-order valence-electron chi connectivity index (χ3n) is 6.16. The zero-order valence-electron chi connectivity index (χ0n) is 17.6. The van der Waals surface area contributed by atoms with E-state index >= 15 is 0 Å². The molecule has 7 rings (SSSR count). The maximum absolute atomic E-state index is 6.08. The maximum atomic E-state index is 6.08. The van der Waals surface area contributed by atoms with E-state index in [2.05, 4.69) is 65.6 Å². The van der Waals surface area contributed by atoms with Gasteiger partial charge in [0.25, 0.3) is 0 Å². The Bertz CT molecular complexity index is 1800. The SMILES string of the molecule is c1cnc2c(c1)ccc1ccc(-c3ccc(-c4nc5ccccc5o4)c4ccccc34)nc12. The van der Waals surface area contributed by atoms with Gasteiger partial charge in [-0.15, -0.1) is 0 Å². The third-order valence-corrected chi connectivity index (χ3v) is 6.16. The van der Waals surface area contributed by atoms with Crippen molar-refractivity contribution < 1.29 is 4.42 Å². The van der Waals surface area contributed by atoms with Crippen LogP contribution < -0.4 is 0 Å². The number of fused-ring (bicyclic) bond motifs is 5. The van der Waals surface area contributed by atoms with Crippen molar-refractivity contribution in [2.75, 3.05) is 0 Å². The highest BCUT2D eigenvalue weighted by atomic mass is 16.3. The van der Waals surface area contributed by atoms with Gasteiger partial charge in [-0.2, -0.15) is 0 Å². The minimum Gasteiger partial charge on any atom is -0.436 e. The molecule has 3 aromatic heterocycles. The van der Waals surface area contributed by atoms with Gasteiger partial charge in [-0.25, -0.2) is 9.97 Å². The summed E-state index contributed by atoms with van der Waals surface area (Å²) in [4.78, 5) is 14.4. The molecule has 0 N–H and O–H groups in total. The van der Waals surface area contributed by atoms with Crippen LogP contribution in [-0.2, 0) is 0 Å². The summed E-state index contributed by atoms with van der Waals surface area (Å²) in [7, 11) is 0. The van der Waals surface area contributed by atoms with Gasteiger partial charge in [-0.1, -0.05) is 66.7 Å². The number of pyridine rings is 2. The zero-order chi connectivity index (χ0) is 21.8. The van der Waals surface area contributed by atoms with Gasteiger partial charge in [-0.05, 0) is 41.1 Å². The Morgan fingerprint density at radius 3 is 2.15 bits per heavy atom. The second kappa shape index (κ2) is 6.97. The molecule has 4 aromatic carbocycles. The molecule has 4 nitrogen and oxygen atoms in total. The molecule has 0 aliphatic heterocycles. The molecule has 0 bridgehead atoms. The van der Waals surface area contributed by atoms with Crippen molar-refractivity contribution in [1.82, 2.24) is 15.0 Å². The molecule has 0 radical (unpaired) electrons. The number of hydrogen-bond acceptors (Lipinski definition) is 4. The highest BCUT2D eigenvalue weighted by molar-refractivity contribution is 6.06. The lowest BCUT2D eigenvalue weighted by molar-refractivity contribution is 0.620. The topological polar surface area (TPSA) is 51.8 Å². The highest BCUT2D eigenvalue weighted by Gasteiger charge is 2.15. The van der Waals surface area contributed by atoms with Crippen molar-refractivity contribution in [3.8, 4) is 22.7 Å². The van der Waals surface area contributed by atoms with E-state index in [0.717, 1.165) is 60.5 Å². The van der Waals surface area contributed by atoms with E-state index in [0.29, 0.717) is 5.89 Å². The first-order chi connectivity index (χ1) is 16.3. The molecule has 154 valence electrons. The molecule has 0 atom stereocenters. The number of rotatable bonds is 2. The average Bonchev–Trinajstić information content (AvgIpc) is 3.32. The van der Waals surface area contributed by atoms with E-state index in [1.54, 1.807) is 0 Å². The van der Waals surface area contributed by atoms with E-state index in [9.17, 15) is 0 Å². The number of para-hydroxylation sites is 2. The maximum Gasteiger partial charge on any atom is 0.227 e. The second-order valence-corrected chi connectivity index (χ2v) is 8.10. The minimum absolute atomic E-state index is 0.626. The molecule has 0 aliphatic rings. The van der Waals surface area contributed by atoms with E-state index in [4.69, 9.17) is 14.4 Å². The smallest absolute Gasteiger partial charge is 0.227 e. The van der Waals surface area contributed by atoms with Gasteiger partial charge in [0.2, 0.25) is 5.89 Å². The molecule has 4 heteroatoms. The molecule has 0 unspecified atom stereocenters. The molecular weight excluding hydrogens is 406 g/mol. The van der Waals surface area contributed by atoms with Gasteiger partial charge in [0, 0.05) is 28.1 Å². The Labute approximate surface area is 189 Å². The van der Waals surface area contributed by atoms with Crippen LogP contribution in [0.5, 0.6) is 0 Å². The van der Waals surface area contributed by atoms with Gasteiger partial charge in [0.05, 0.1) is 16.7 Å². The first-order valence-electron chi connectivity index (χ1n) is 10.9. The van der Waals surface area contributed by atoms with Crippen LogP contribution >= 0.6 is 0 Å². The summed E-state index contributed by atoms with van der Waals surface area (Å²) in [5.74, 6) is 0.626. The Morgan fingerprint density at radius 2 is 1.27 bits per heavy atom. The summed E-state index contributed by atoms with van der Waals surface area (Å²) in [6.45, 7) is 0. The Kier molecular flexibility index (Phi) is 3.81. The van der Waals surface area contributed by atoms with Gasteiger partial charge in [0.15, 0.2) is 5.58 Å². The van der Waals surface area contributed by atoms with Gasteiger partial charge < -0.3 is 4.42 Å². The first kappa shape index (κ1) is 18.0. The average molecular weight is 423 g/mol. The van der Waals surface area contributed by atoms with Crippen molar-refractivity contribution in [3.63, 3.8) is 0 Å². The quantitative estimate of drug-likeness (QED) is 0.272. The summed E-state index contributed by atoms with van der Waals surface area (Å²) < 4.78 is 6.08. The van der Waals surface area contributed by atoms with Crippen LogP contribution in [0.2, 0.25) is 0 Å². The highest BCUT2D eigenvalue weighted by Crippen LogP contribution is 2.36. The lowest BCUT2D eigenvalue weighted by Crippen LogP contribution is -1.91. The van der Waals surface area contributed by atoms with Crippen molar-refractivity contribution in [2.45, 2.75) is 0 Å². The van der Waals surface area contributed by atoms with Crippen LogP contribution in [0.3, 0.4) is 0 Å². The van der Waals surface area contributed by atoms with Crippen LogP contribution in [0.15, 0.2) is 108 Å². The third kappa shape index (κ3) is 2.81. The van der Waals surface area contributed by atoms with Gasteiger partial charge in [0.1, 0.15) is 5.52 Å². The van der Waals surface area contributed by atoms with E-state index in [1.807, 2.05) is 42.6 Å². The summed E-state index contributed by atoms with van der Waals surface area (Å²) >= 11 is 0. The minimum atomic E-state index is 0.626. The number of aromatic nitrogens is 3. The number of hydrogen-bond donors (Lipinski definition) is 0. The predicted molar refractivity (Wildman–Crippen MR) is 133 cm³/mol. The molecule has 0 aliphatic carbocycles. The monoisotopic (exact) mass is 423 g/mol. The van der Waals surface area contributed by atoms with Gasteiger partial charge >= 0.3 is 0 Å². The first-order valence-corrected chi connectivity index (χ1v) is 10.9. The fourth-order valence-corrected chi connectivity index (χ4v) is 4.57. The van der Waals surface area contributed by atoms with Crippen molar-refractivity contribution in [2.24, 2.45) is 0 Å². The number of benzene rings is 4. The summed E-state index contributed by atoms with van der Waals surface area (Å²) in [6.07, 6.45) is 1.82. The summed E-state index contributed by atoms with van der Waals surface area (Å²) in [5.41, 5.74) is 6.44. The standard InChI is InChI=1S/C29H17N3O/c1-2-8-21-20(7-1)22(14-15-23(21)29-32-25-9-3-4-10-26(25)33-29)24-16-13-19-12-11-18-6-5-17-30-27(18)28(19)31-24/h1-17H. The normalized spacial score (nSPS) is 11.6. The molecule has 3 heterocycles.